The number of aliphatic imine (C=N–C) groups is 1. The monoisotopic (exact) mass is 238 g/mol. The molecule has 0 bridgehead atoms. The minimum Gasteiger partial charge on any atom is -0.390 e. The van der Waals surface area contributed by atoms with Crippen LogP contribution >= 0.6 is 12.2 Å². The normalized spacial score (nSPS) is 13.9. The number of hydrogen-bond acceptors (Lipinski definition) is 5. The third-order valence-corrected chi connectivity index (χ3v) is 2.34. The maximum Gasteiger partial charge on any atom is 0.107 e. The molecule has 1 aromatic rings. The number of hydrogen-bond donors (Lipinski definition) is 3. The molecule has 16 heavy (non-hydrogen) atoms. The SMILES string of the molecule is NCCC(O)C(O)c1ccccc1N=C=S. The Morgan fingerprint density at radius 2 is 2.06 bits per heavy atom. The lowest BCUT2D eigenvalue weighted by Gasteiger charge is -2.18. The van der Waals surface area contributed by atoms with E-state index in [9.17, 15) is 10.2 Å². The van der Waals surface area contributed by atoms with Gasteiger partial charge in [-0.2, -0.15) is 4.99 Å². The number of nitrogens with two attached hydrogens (primary N) is 1. The quantitative estimate of drug-likeness (QED) is 0.531. The zero-order valence-electron chi connectivity index (χ0n) is 8.71. The van der Waals surface area contributed by atoms with Crippen molar-refractivity contribution in [1.29, 1.82) is 0 Å². The van der Waals surface area contributed by atoms with Gasteiger partial charge in [0.15, 0.2) is 0 Å². The third-order valence-electron chi connectivity index (χ3n) is 2.25. The van der Waals surface area contributed by atoms with E-state index in [4.69, 9.17) is 5.73 Å². The molecule has 0 heterocycles. The molecular formula is C11H14N2O2S. The molecule has 1 aromatic carbocycles. The molecule has 0 aliphatic carbocycles. The van der Waals surface area contributed by atoms with Crippen molar-refractivity contribution in [2.24, 2.45) is 10.7 Å². The molecule has 5 heteroatoms. The summed E-state index contributed by atoms with van der Waals surface area (Å²) < 4.78 is 0. The second kappa shape index (κ2) is 6.48. The fraction of sp³-hybridized carbons (Fsp3) is 0.364. The van der Waals surface area contributed by atoms with E-state index in [0.717, 1.165) is 0 Å². The number of aliphatic hydroxyl groups is 2. The van der Waals surface area contributed by atoms with Crippen molar-refractivity contribution in [3.63, 3.8) is 0 Å². The Labute approximate surface area is 99.4 Å². The Balaban J connectivity index is 2.97. The van der Waals surface area contributed by atoms with Crippen molar-refractivity contribution in [3.8, 4) is 0 Å². The van der Waals surface area contributed by atoms with Gasteiger partial charge in [-0.3, -0.25) is 0 Å². The maximum absolute atomic E-state index is 9.90. The molecule has 2 unspecified atom stereocenters. The Morgan fingerprint density at radius 3 is 2.69 bits per heavy atom. The number of nitrogens with zero attached hydrogens (tertiary/aromatic N) is 1. The second-order valence-electron chi connectivity index (χ2n) is 3.35. The zero-order valence-corrected chi connectivity index (χ0v) is 9.52. The van der Waals surface area contributed by atoms with Crippen molar-refractivity contribution in [2.75, 3.05) is 6.54 Å². The standard InChI is InChI=1S/C11H14N2O2S/c12-6-5-10(14)11(15)8-3-1-2-4-9(8)13-7-16/h1-4,10-11,14-15H,5-6,12H2. The van der Waals surface area contributed by atoms with Gasteiger partial charge in [0.2, 0.25) is 0 Å². The summed E-state index contributed by atoms with van der Waals surface area (Å²) in [5, 5.41) is 21.8. The van der Waals surface area contributed by atoms with Gasteiger partial charge in [-0.1, -0.05) is 18.2 Å². The van der Waals surface area contributed by atoms with E-state index >= 15 is 0 Å². The average Bonchev–Trinajstić information content (AvgIpc) is 2.29. The predicted octanol–water partition coefficient (Wildman–Crippen LogP) is 1.16. The van der Waals surface area contributed by atoms with E-state index in [2.05, 4.69) is 22.4 Å². The zero-order chi connectivity index (χ0) is 12.0. The van der Waals surface area contributed by atoms with Crippen LogP contribution in [0.4, 0.5) is 5.69 Å². The molecule has 1 rings (SSSR count). The van der Waals surface area contributed by atoms with Gasteiger partial charge in [-0.15, -0.1) is 0 Å². The average molecular weight is 238 g/mol. The summed E-state index contributed by atoms with van der Waals surface area (Å²) >= 11 is 4.52. The third kappa shape index (κ3) is 3.20. The highest BCUT2D eigenvalue weighted by Gasteiger charge is 2.19. The first-order valence-electron chi connectivity index (χ1n) is 4.93. The molecule has 0 amide bonds. The number of isothiocyanates is 1. The fourth-order valence-electron chi connectivity index (χ4n) is 1.42. The molecule has 0 saturated carbocycles. The summed E-state index contributed by atoms with van der Waals surface area (Å²) in [5.41, 5.74) is 6.36. The number of para-hydroxylation sites is 1. The molecule has 0 aliphatic rings. The van der Waals surface area contributed by atoms with E-state index < -0.39 is 12.2 Å². The van der Waals surface area contributed by atoms with Crippen LogP contribution in [0, 0.1) is 0 Å². The van der Waals surface area contributed by atoms with Crippen LogP contribution in [0.1, 0.15) is 18.1 Å². The van der Waals surface area contributed by atoms with Crippen LogP contribution in [0.25, 0.3) is 0 Å². The lowest BCUT2D eigenvalue weighted by atomic mass is 10.0. The topological polar surface area (TPSA) is 78.8 Å². The van der Waals surface area contributed by atoms with Crippen LogP contribution in [0.15, 0.2) is 29.3 Å². The van der Waals surface area contributed by atoms with Crippen molar-refractivity contribution in [3.05, 3.63) is 29.8 Å². The fourth-order valence-corrected chi connectivity index (χ4v) is 1.52. The Bertz CT molecular complexity index is 391. The van der Waals surface area contributed by atoms with E-state index in [0.29, 0.717) is 24.2 Å². The molecular weight excluding hydrogens is 224 g/mol. The first-order valence-corrected chi connectivity index (χ1v) is 5.34. The molecule has 4 N–H and O–H groups in total. The lowest BCUT2D eigenvalue weighted by Crippen LogP contribution is -2.21. The highest BCUT2D eigenvalue weighted by atomic mass is 32.1. The summed E-state index contributed by atoms with van der Waals surface area (Å²) in [7, 11) is 0. The Kier molecular flexibility index (Phi) is 5.25. The number of aliphatic hydroxyl groups excluding tert-OH is 2. The Morgan fingerprint density at radius 1 is 1.38 bits per heavy atom. The predicted molar refractivity (Wildman–Crippen MR) is 65.8 cm³/mol. The van der Waals surface area contributed by atoms with Gasteiger partial charge < -0.3 is 15.9 Å². The van der Waals surface area contributed by atoms with Gasteiger partial charge in [-0.05, 0) is 31.2 Å². The van der Waals surface area contributed by atoms with Crippen LogP contribution in [-0.2, 0) is 0 Å². The Hall–Kier alpha value is -1.10. The van der Waals surface area contributed by atoms with Gasteiger partial charge in [-0.25, -0.2) is 0 Å². The summed E-state index contributed by atoms with van der Waals surface area (Å²) in [6.45, 7) is 0.316. The van der Waals surface area contributed by atoms with Gasteiger partial charge >= 0.3 is 0 Å². The van der Waals surface area contributed by atoms with E-state index in [1.807, 2.05) is 0 Å². The van der Waals surface area contributed by atoms with Gasteiger partial charge in [0.25, 0.3) is 0 Å². The molecule has 0 fully saturated rings. The van der Waals surface area contributed by atoms with E-state index in [1.54, 1.807) is 24.3 Å². The molecule has 0 radical (unpaired) electrons. The van der Waals surface area contributed by atoms with Crippen LogP contribution in [0.3, 0.4) is 0 Å². The van der Waals surface area contributed by atoms with Crippen molar-refractivity contribution >= 4 is 23.1 Å². The summed E-state index contributed by atoms with van der Waals surface area (Å²) in [6.07, 6.45) is -1.57. The largest absolute Gasteiger partial charge is 0.390 e. The molecule has 0 aromatic heterocycles. The molecule has 0 saturated heterocycles. The second-order valence-corrected chi connectivity index (χ2v) is 3.53. The van der Waals surface area contributed by atoms with Gasteiger partial charge in [0, 0.05) is 5.56 Å². The number of benzene rings is 1. The molecule has 0 spiro atoms. The summed E-state index contributed by atoms with van der Waals surface area (Å²) in [6, 6.07) is 6.93. The highest BCUT2D eigenvalue weighted by Crippen LogP contribution is 2.27. The van der Waals surface area contributed by atoms with Crippen LogP contribution < -0.4 is 5.73 Å². The number of rotatable bonds is 5. The molecule has 2 atom stereocenters. The first kappa shape index (κ1) is 13.0. The minimum absolute atomic E-state index is 0.316. The molecule has 4 nitrogen and oxygen atoms in total. The van der Waals surface area contributed by atoms with Gasteiger partial charge in [0.05, 0.1) is 17.0 Å². The van der Waals surface area contributed by atoms with Crippen molar-refractivity contribution in [2.45, 2.75) is 18.6 Å². The summed E-state index contributed by atoms with van der Waals surface area (Å²) in [4.78, 5) is 3.83. The molecule has 0 aliphatic heterocycles. The van der Waals surface area contributed by atoms with E-state index in [-0.39, 0.29) is 0 Å². The van der Waals surface area contributed by atoms with Crippen LogP contribution in [0.2, 0.25) is 0 Å². The maximum atomic E-state index is 9.90. The lowest BCUT2D eigenvalue weighted by molar-refractivity contribution is 0.0154. The highest BCUT2D eigenvalue weighted by molar-refractivity contribution is 7.78. The van der Waals surface area contributed by atoms with Crippen LogP contribution in [-0.4, -0.2) is 28.0 Å². The first-order chi connectivity index (χ1) is 7.70. The smallest absolute Gasteiger partial charge is 0.107 e. The van der Waals surface area contributed by atoms with E-state index in [1.165, 1.54) is 0 Å². The number of thiocarbonyl (C=S) groups is 1. The van der Waals surface area contributed by atoms with Gasteiger partial charge in [0.1, 0.15) is 6.10 Å². The van der Waals surface area contributed by atoms with Crippen LogP contribution in [0.5, 0.6) is 0 Å². The van der Waals surface area contributed by atoms with Crippen molar-refractivity contribution in [1.82, 2.24) is 0 Å². The summed E-state index contributed by atoms with van der Waals surface area (Å²) in [5.74, 6) is 0. The van der Waals surface area contributed by atoms with Crippen molar-refractivity contribution < 1.29 is 10.2 Å². The molecule has 86 valence electrons. The minimum atomic E-state index is -1.01.